The van der Waals surface area contributed by atoms with Crippen LogP contribution in [0.5, 0.6) is 0 Å². The molecule has 0 spiro atoms. The summed E-state index contributed by atoms with van der Waals surface area (Å²) in [7, 11) is 0. The van der Waals surface area contributed by atoms with Gasteiger partial charge in [-0.1, -0.05) is 12.1 Å². The Morgan fingerprint density at radius 3 is 2.80 bits per heavy atom. The van der Waals surface area contributed by atoms with E-state index >= 15 is 0 Å². The average molecular weight is 203 g/mol. The normalized spacial score (nSPS) is 11.1. The van der Waals surface area contributed by atoms with Gasteiger partial charge in [0.15, 0.2) is 0 Å². The van der Waals surface area contributed by atoms with Crippen molar-refractivity contribution in [2.45, 2.75) is 26.8 Å². The van der Waals surface area contributed by atoms with Gasteiger partial charge in [0.05, 0.1) is 0 Å². The Labute approximate surface area is 90.2 Å². The Bertz CT molecular complexity index is 471. The highest BCUT2D eigenvalue weighted by molar-refractivity contribution is 5.87. The third-order valence-electron chi connectivity index (χ3n) is 2.91. The van der Waals surface area contributed by atoms with Crippen LogP contribution in [0.15, 0.2) is 24.4 Å². The first kappa shape index (κ1) is 10.2. The van der Waals surface area contributed by atoms with E-state index in [9.17, 15) is 0 Å². The lowest BCUT2D eigenvalue weighted by atomic mass is 10.1. The number of fused-ring (bicyclic) bond motifs is 1. The lowest BCUT2D eigenvalue weighted by molar-refractivity contribution is 0.300. The van der Waals surface area contributed by atoms with Crippen LogP contribution in [0, 0.1) is 6.92 Å². The minimum atomic E-state index is 0.219. The van der Waals surface area contributed by atoms with Gasteiger partial charge in [-0.15, -0.1) is 0 Å². The summed E-state index contributed by atoms with van der Waals surface area (Å²) in [5, 5.41) is 10.4. The molecule has 0 aliphatic heterocycles. The Balaban J connectivity index is 2.70. The Hall–Kier alpha value is -1.28. The molecule has 0 unspecified atom stereocenters. The van der Waals surface area contributed by atoms with Gasteiger partial charge in [-0.05, 0) is 37.5 Å². The summed E-state index contributed by atoms with van der Waals surface area (Å²) in [6.45, 7) is 5.47. The fourth-order valence-corrected chi connectivity index (χ4v) is 2.20. The van der Waals surface area contributed by atoms with Gasteiger partial charge in [0.1, 0.15) is 0 Å². The molecule has 2 rings (SSSR count). The van der Waals surface area contributed by atoms with Gasteiger partial charge in [-0.25, -0.2) is 0 Å². The molecule has 0 saturated heterocycles. The molecule has 2 aromatic rings. The van der Waals surface area contributed by atoms with E-state index in [0.717, 1.165) is 13.0 Å². The first-order valence-electron chi connectivity index (χ1n) is 5.46. The summed E-state index contributed by atoms with van der Waals surface area (Å²) in [5.74, 6) is 0. The van der Waals surface area contributed by atoms with Crippen molar-refractivity contribution < 1.29 is 5.11 Å². The number of benzene rings is 1. The van der Waals surface area contributed by atoms with Gasteiger partial charge in [0, 0.05) is 30.3 Å². The zero-order valence-electron chi connectivity index (χ0n) is 9.33. The lowest BCUT2D eigenvalue weighted by Crippen LogP contribution is -1.91. The fraction of sp³-hybridized carbons (Fsp3) is 0.385. The van der Waals surface area contributed by atoms with E-state index in [0.29, 0.717) is 0 Å². The van der Waals surface area contributed by atoms with Gasteiger partial charge >= 0.3 is 0 Å². The maximum absolute atomic E-state index is 9.04. The summed E-state index contributed by atoms with van der Waals surface area (Å²) in [4.78, 5) is 0. The molecular weight excluding hydrogens is 186 g/mol. The van der Waals surface area contributed by atoms with Crippen LogP contribution in [0.2, 0.25) is 0 Å². The maximum atomic E-state index is 9.04. The molecule has 80 valence electrons. The largest absolute Gasteiger partial charge is 0.396 e. The molecule has 0 aliphatic rings. The van der Waals surface area contributed by atoms with Crippen molar-refractivity contribution in [2.75, 3.05) is 6.61 Å². The maximum Gasteiger partial charge on any atom is 0.0485 e. The first-order chi connectivity index (χ1) is 7.27. The second-order valence-electron chi connectivity index (χ2n) is 3.88. The summed E-state index contributed by atoms with van der Waals surface area (Å²) < 4.78 is 2.24. The smallest absolute Gasteiger partial charge is 0.0485 e. The molecule has 1 aromatic carbocycles. The molecular formula is C13H17NO. The zero-order valence-corrected chi connectivity index (χ0v) is 9.33. The first-order valence-corrected chi connectivity index (χ1v) is 5.46. The number of hydrogen-bond acceptors (Lipinski definition) is 1. The number of hydrogen-bond donors (Lipinski definition) is 1. The van der Waals surface area contributed by atoms with Crippen LogP contribution >= 0.6 is 0 Å². The van der Waals surface area contributed by atoms with Gasteiger partial charge in [-0.3, -0.25) is 0 Å². The molecule has 0 atom stereocenters. The van der Waals surface area contributed by atoms with Crippen LogP contribution in [0.25, 0.3) is 10.9 Å². The summed E-state index contributed by atoms with van der Waals surface area (Å²) in [5.41, 5.74) is 3.83. The quantitative estimate of drug-likeness (QED) is 0.814. The van der Waals surface area contributed by atoms with E-state index < -0.39 is 0 Å². The summed E-state index contributed by atoms with van der Waals surface area (Å²) >= 11 is 0. The number of aliphatic hydroxyl groups excluding tert-OH is 1. The van der Waals surface area contributed by atoms with Gasteiger partial charge in [0.25, 0.3) is 0 Å². The highest BCUT2D eigenvalue weighted by Gasteiger charge is 2.08. The monoisotopic (exact) mass is 203 g/mol. The fourth-order valence-electron chi connectivity index (χ4n) is 2.20. The third-order valence-corrected chi connectivity index (χ3v) is 2.91. The second-order valence-corrected chi connectivity index (χ2v) is 3.88. The Morgan fingerprint density at radius 1 is 1.33 bits per heavy atom. The van der Waals surface area contributed by atoms with E-state index in [2.05, 4.69) is 42.8 Å². The van der Waals surface area contributed by atoms with Crippen molar-refractivity contribution in [3.8, 4) is 0 Å². The molecule has 0 fully saturated rings. The summed E-state index contributed by atoms with van der Waals surface area (Å²) in [6, 6.07) is 6.36. The highest BCUT2D eigenvalue weighted by Crippen LogP contribution is 2.25. The minimum absolute atomic E-state index is 0.219. The molecule has 2 nitrogen and oxygen atoms in total. The lowest BCUT2D eigenvalue weighted by Gasteiger charge is -2.01. The average Bonchev–Trinajstić information content (AvgIpc) is 2.59. The molecule has 1 heterocycles. The third kappa shape index (κ3) is 1.65. The van der Waals surface area contributed by atoms with Crippen LogP contribution in [0.4, 0.5) is 0 Å². The van der Waals surface area contributed by atoms with E-state index in [4.69, 9.17) is 5.11 Å². The summed E-state index contributed by atoms with van der Waals surface area (Å²) in [6.07, 6.45) is 2.90. The predicted octanol–water partition coefficient (Wildman–Crippen LogP) is 2.50. The van der Waals surface area contributed by atoms with Crippen molar-refractivity contribution in [3.63, 3.8) is 0 Å². The molecule has 1 N–H and O–H groups in total. The standard InChI is InChI=1S/C13H17NO/c1-3-14-9-11(7-8-15)13-10(2)5-4-6-12(13)14/h4-6,9,15H,3,7-8H2,1-2H3. The van der Waals surface area contributed by atoms with Crippen molar-refractivity contribution in [1.29, 1.82) is 0 Å². The number of aromatic nitrogens is 1. The molecule has 1 aromatic heterocycles. The van der Waals surface area contributed by atoms with E-state index in [-0.39, 0.29) is 6.61 Å². The van der Waals surface area contributed by atoms with Crippen molar-refractivity contribution >= 4 is 10.9 Å². The van der Waals surface area contributed by atoms with Gasteiger partial charge in [0.2, 0.25) is 0 Å². The van der Waals surface area contributed by atoms with E-state index in [1.165, 1.54) is 22.0 Å². The number of nitrogens with zero attached hydrogens (tertiary/aromatic N) is 1. The van der Waals surface area contributed by atoms with Gasteiger partial charge < -0.3 is 9.67 Å². The number of aryl methyl sites for hydroxylation is 2. The molecule has 15 heavy (non-hydrogen) atoms. The topological polar surface area (TPSA) is 25.2 Å². The van der Waals surface area contributed by atoms with Crippen LogP contribution < -0.4 is 0 Å². The van der Waals surface area contributed by atoms with Crippen molar-refractivity contribution in [3.05, 3.63) is 35.5 Å². The molecule has 0 aliphatic carbocycles. The van der Waals surface area contributed by atoms with Crippen LogP contribution in [-0.2, 0) is 13.0 Å². The Kier molecular flexibility index (Phi) is 2.78. The molecule has 2 heteroatoms. The number of rotatable bonds is 3. The number of aliphatic hydroxyl groups is 1. The molecule has 0 bridgehead atoms. The van der Waals surface area contributed by atoms with E-state index in [1.807, 2.05) is 0 Å². The van der Waals surface area contributed by atoms with Crippen LogP contribution in [0.1, 0.15) is 18.1 Å². The zero-order chi connectivity index (χ0) is 10.8. The molecule has 0 amide bonds. The molecule has 0 radical (unpaired) electrons. The van der Waals surface area contributed by atoms with Crippen molar-refractivity contribution in [1.82, 2.24) is 4.57 Å². The van der Waals surface area contributed by atoms with Crippen LogP contribution in [-0.4, -0.2) is 16.3 Å². The Morgan fingerprint density at radius 2 is 2.13 bits per heavy atom. The van der Waals surface area contributed by atoms with E-state index in [1.54, 1.807) is 0 Å². The van der Waals surface area contributed by atoms with Gasteiger partial charge in [-0.2, -0.15) is 0 Å². The SMILES string of the molecule is CCn1cc(CCO)c2c(C)cccc21. The minimum Gasteiger partial charge on any atom is -0.396 e. The highest BCUT2D eigenvalue weighted by atomic mass is 16.2. The van der Waals surface area contributed by atoms with Crippen molar-refractivity contribution in [2.24, 2.45) is 0 Å². The predicted molar refractivity (Wildman–Crippen MR) is 63.1 cm³/mol. The van der Waals surface area contributed by atoms with Crippen LogP contribution in [0.3, 0.4) is 0 Å². The molecule has 0 saturated carbocycles. The second kappa shape index (κ2) is 4.07.